The summed E-state index contributed by atoms with van der Waals surface area (Å²) < 4.78 is 0. The number of nitrogens with zero attached hydrogens (tertiary/aromatic N) is 3. The first-order chi connectivity index (χ1) is 9.70. The zero-order valence-electron chi connectivity index (χ0n) is 12.3. The maximum absolute atomic E-state index is 4.56. The van der Waals surface area contributed by atoms with Crippen molar-refractivity contribution in [3.8, 4) is 0 Å². The molecule has 4 nitrogen and oxygen atoms in total. The second-order valence-electron chi connectivity index (χ2n) is 4.95. The van der Waals surface area contributed by atoms with E-state index in [0.717, 1.165) is 31.1 Å². The molecule has 0 aliphatic rings. The van der Waals surface area contributed by atoms with Gasteiger partial charge in [-0.25, -0.2) is 4.98 Å². The van der Waals surface area contributed by atoms with Gasteiger partial charge in [0.2, 0.25) is 0 Å². The standard InChI is InChI=1S/C15H22N4S/c1-4-16-8-13-9-18-15(10-17-13)19(12(2)3)11-14-6-5-7-20-14/h5-7,9-10,12,16H,4,8,11H2,1-3H3. The Morgan fingerprint density at radius 3 is 2.70 bits per heavy atom. The van der Waals surface area contributed by atoms with Crippen molar-refractivity contribution in [1.29, 1.82) is 0 Å². The zero-order chi connectivity index (χ0) is 14.4. The van der Waals surface area contributed by atoms with Crippen molar-refractivity contribution in [1.82, 2.24) is 15.3 Å². The highest BCUT2D eigenvalue weighted by Gasteiger charge is 2.13. The van der Waals surface area contributed by atoms with Gasteiger partial charge >= 0.3 is 0 Å². The van der Waals surface area contributed by atoms with Gasteiger partial charge in [0.1, 0.15) is 5.82 Å². The SMILES string of the molecule is CCNCc1cnc(N(Cc2cccs2)C(C)C)cn1. The van der Waals surface area contributed by atoms with Crippen LogP contribution >= 0.6 is 11.3 Å². The molecule has 0 saturated heterocycles. The Labute approximate surface area is 124 Å². The Morgan fingerprint density at radius 1 is 1.30 bits per heavy atom. The van der Waals surface area contributed by atoms with Crippen molar-refractivity contribution >= 4 is 17.2 Å². The highest BCUT2D eigenvalue weighted by atomic mass is 32.1. The van der Waals surface area contributed by atoms with Gasteiger partial charge < -0.3 is 10.2 Å². The lowest BCUT2D eigenvalue weighted by atomic mass is 10.3. The smallest absolute Gasteiger partial charge is 0.147 e. The summed E-state index contributed by atoms with van der Waals surface area (Å²) in [5.74, 6) is 0.939. The van der Waals surface area contributed by atoms with Gasteiger partial charge in [0.15, 0.2) is 0 Å². The lowest BCUT2D eigenvalue weighted by Crippen LogP contribution is -2.30. The van der Waals surface area contributed by atoms with E-state index < -0.39 is 0 Å². The maximum atomic E-state index is 4.56. The molecule has 5 heteroatoms. The lowest BCUT2D eigenvalue weighted by molar-refractivity contribution is 0.668. The van der Waals surface area contributed by atoms with Crippen LogP contribution in [-0.4, -0.2) is 22.6 Å². The molecule has 20 heavy (non-hydrogen) atoms. The molecule has 108 valence electrons. The van der Waals surface area contributed by atoms with Crippen LogP contribution in [0, 0.1) is 0 Å². The maximum Gasteiger partial charge on any atom is 0.147 e. The van der Waals surface area contributed by atoms with E-state index in [4.69, 9.17) is 0 Å². The molecule has 0 spiro atoms. The minimum absolute atomic E-state index is 0.394. The normalized spacial score (nSPS) is 11.0. The Balaban J connectivity index is 2.09. The van der Waals surface area contributed by atoms with Crippen molar-refractivity contribution in [3.63, 3.8) is 0 Å². The van der Waals surface area contributed by atoms with Crippen LogP contribution in [0.25, 0.3) is 0 Å². The van der Waals surface area contributed by atoms with Crippen LogP contribution in [0.5, 0.6) is 0 Å². The zero-order valence-corrected chi connectivity index (χ0v) is 13.2. The summed E-state index contributed by atoms with van der Waals surface area (Å²) in [6.45, 7) is 9.06. The number of aromatic nitrogens is 2. The van der Waals surface area contributed by atoms with E-state index in [0.29, 0.717) is 6.04 Å². The van der Waals surface area contributed by atoms with Crippen LogP contribution < -0.4 is 10.2 Å². The molecule has 0 aromatic carbocycles. The summed E-state index contributed by atoms with van der Waals surface area (Å²) in [6, 6.07) is 4.64. The lowest BCUT2D eigenvalue weighted by Gasteiger charge is -2.27. The number of hydrogen-bond donors (Lipinski definition) is 1. The van der Waals surface area contributed by atoms with Crippen LogP contribution in [0.3, 0.4) is 0 Å². The van der Waals surface area contributed by atoms with Gasteiger partial charge in [-0.15, -0.1) is 11.3 Å². The monoisotopic (exact) mass is 290 g/mol. The highest BCUT2D eigenvalue weighted by Crippen LogP contribution is 2.19. The molecule has 0 atom stereocenters. The molecular weight excluding hydrogens is 268 g/mol. The van der Waals surface area contributed by atoms with E-state index in [-0.39, 0.29) is 0 Å². The Bertz CT molecular complexity index is 493. The molecular formula is C15H22N4S. The van der Waals surface area contributed by atoms with Gasteiger partial charge in [0.05, 0.1) is 24.6 Å². The van der Waals surface area contributed by atoms with Crippen LogP contribution in [0.15, 0.2) is 29.9 Å². The Kier molecular flexibility index (Phi) is 5.49. The van der Waals surface area contributed by atoms with Gasteiger partial charge in [-0.05, 0) is 31.8 Å². The molecule has 0 aliphatic carbocycles. The third-order valence-corrected chi connectivity index (χ3v) is 3.93. The molecule has 1 N–H and O–H groups in total. The predicted molar refractivity (Wildman–Crippen MR) is 85.1 cm³/mol. The Morgan fingerprint density at radius 2 is 2.15 bits per heavy atom. The van der Waals surface area contributed by atoms with Crippen LogP contribution in [0.4, 0.5) is 5.82 Å². The van der Waals surface area contributed by atoms with Crippen molar-refractivity contribution in [2.24, 2.45) is 0 Å². The van der Waals surface area contributed by atoms with Gasteiger partial charge in [-0.2, -0.15) is 0 Å². The summed E-state index contributed by atoms with van der Waals surface area (Å²) in [5.41, 5.74) is 0.982. The van der Waals surface area contributed by atoms with Crippen LogP contribution in [0.1, 0.15) is 31.3 Å². The third-order valence-electron chi connectivity index (χ3n) is 3.07. The predicted octanol–water partition coefficient (Wildman–Crippen LogP) is 3.06. The number of anilines is 1. The van der Waals surface area contributed by atoms with Crippen molar-refractivity contribution in [2.45, 2.75) is 39.9 Å². The largest absolute Gasteiger partial charge is 0.348 e. The summed E-state index contributed by atoms with van der Waals surface area (Å²) in [6.07, 6.45) is 3.74. The average Bonchev–Trinajstić information content (AvgIpc) is 2.96. The summed E-state index contributed by atoms with van der Waals surface area (Å²) in [4.78, 5) is 12.7. The molecule has 0 fully saturated rings. The minimum Gasteiger partial charge on any atom is -0.348 e. The first-order valence-corrected chi connectivity index (χ1v) is 7.89. The highest BCUT2D eigenvalue weighted by molar-refractivity contribution is 7.09. The summed E-state index contributed by atoms with van der Waals surface area (Å²) >= 11 is 1.78. The molecule has 2 rings (SSSR count). The summed E-state index contributed by atoms with van der Waals surface area (Å²) in [5, 5.41) is 5.37. The fourth-order valence-corrected chi connectivity index (χ4v) is 2.64. The first-order valence-electron chi connectivity index (χ1n) is 7.01. The molecule has 2 heterocycles. The van der Waals surface area contributed by atoms with Crippen molar-refractivity contribution in [2.75, 3.05) is 11.4 Å². The molecule has 2 aromatic heterocycles. The molecule has 0 amide bonds. The van der Waals surface area contributed by atoms with E-state index >= 15 is 0 Å². The van der Waals surface area contributed by atoms with Crippen molar-refractivity contribution in [3.05, 3.63) is 40.5 Å². The molecule has 0 radical (unpaired) electrons. The van der Waals surface area contributed by atoms with E-state index in [1.54, 1.807) is 11.3 Å². The van der Waals surface area contributed by atoms with Gasteiger partial charge in [-0.3, -0.25) is 4.98 Å². The molecule has 0 bridgehead atoms. The van der Waals surface area contributed by atoms with Crippen LogP contribution in [0.2, 0.25) is 0 Å². The third kappa shape index (κ3) is 4.02. The summed E-state index contributed by atoms with van der Waals surface area (Å²) in [7, 11) is 0. The van der Waals surface area contributed by atoms with Gasteiger partial charge in [-0.1, -0.05) is 13.0 Å². The molecule has 0 saturated carbocycles. The van der Waals surface area contributed by atoms with E-state index in [1.165, 1.54) is 4.88 Å². The van der Waals surface area contributed by atoms with E-state index in [1.807, 2.05) is 12.4 Å². The fraction of sp³-hybridized carbons (Fsp3) is 0.467. The number of thiophene rings is 1. The quantitative estimate of drug-likeness (QED) is 0.851. The van der Waals surface area contributed by atoms with Gasteiger partial charge in [0, 0.05) is 17.5 Å². The van der Waals surface area contributed by atoms with Crippen LogP contribution in [-0.2, 0) is 13.1 Å². The fourth-order valence-electron chi connectivity index (χ4n) is 1.94. The van der Waals surface area contributed by atoms with E-state index in [9.17, 15) is 0 Å². The second-order valence-corrected chi connectivity index (χ2v) is 5.98. The molecule has 0 unspecified atom stereocenters. The first kappa shape index (κ1) is 14.9. The number of rotatable bonds is 7. The van der Waals surface area contributed by atoms with Crippen molar-refractivity contribution < 1.29 is 0 Å². The number of hydrogen-bond acceptors (Lipinski definition) is 5. The topological polar surface area (TPSA) is 41.1 Å². The Hall–Kier alpha value is -1.46. The molecule has 2 aromatic rings. The average molecular weight is 290 g/mol. The molecule has 0 aliphatic heterocycles. The minimum atomic E-state index is 0.394. The van der Waals surface area contributed by atoms with E-state index in [2.05, 4.69) is 58.5 Å². The second kappa shape index (κ2) is 7.36. The number of nitrogens with one attached hydrogen (secondary N) is 1. The van der Waals surface area contributed by atoms with Gasteiger partial charge in [0.25, 0.3) is 0 Å².